The van der Waals surface area contributed by atoms with Gasteiger partial charge in [-0.3, -0.25) is 4.98 Å². The van der Waals surface area contributed by atoms with Crippen LogP contribution in [0.1, 0.15) is 22.8 Å². The van der Waals surface area contributed by atoms with Crippen molar-refractivity contribution in [3.8, 4) is 0 Å². The second-order valence-corrected chi connectivity index (χ2v) is 5.13. The summed E-state index contributed by atoms with van der Waals surface area (Å²) < 4.78 is 0. The van der Waals surface area contributed by atoms with Crippen LogP contribution < -0.4 is 0 Å². The van der Waals surface area contributed by atoms with E-state index in [0.717, 1.165) is 22.0 Å². The van der Waals surface area contributed by atoms with Crippen molar-refractivity contribution in [3.63, 3.8) is 0 Å². The van der Waals surface area contributed by atoms with Crippen LogP contribution in [0.15, 0.2) is 60.8 Å². The summed E-state index contributed by atoms with van der Waals surface area (Å²) in [6, 6.07) is 18.2. The Morgan fingerprint density at radius 3 is 2.55 bits per heavy atom. The van der Waals surface area contributed by atoms with Gasteiger partial charge in [0.05, 0.1) is 11.6 Å². The molecular formula is C18H17NO. The van der Waals surface area contributed by atoms with E-state index >= 15 is 0 Å². The molecule has 0 bridgehead atoms. The average Bonchev–Trinajstić information content (AvgIpc) is 2.49. The highest BCUT2D eigenvalue weighted by Crippen LogP contribution is 2.25. The first-order chi connectivity index (χ1) is 9.74. The summed E-state index contributed by atoms with van der Waals surface area (Å²) in [5.41, 5.74) is 4.14. The second-order valence-electron chi connectivity index (χ2n) is 5.13. The third-order valence-electron chi connectivity index (χ3n) is 3.57. The van der Waals surface area contributed by atoms with E-state index in [-0.39, 0.29) is 0 Å². The molecule has 0 radical (unpaired) electrons. The van der Waals surface area contributed by atoms with Crippen LogP contribution in [0.2, 0.25) is 0 Å². The van der Waals surface area contributed by atoms with Crippen LogP contribution in [0.5, 0.6) is 0 Å². The van der Waals surface area contributed by atoms with Gasteiger partial charge in [0.15, 0.2) is 0 Å². The Balaban J connectivity index is 1.92. The van der Waals surface area contributed by atoms with Gasteiger partial charge in [0, 0.05) is 23.6 Å². The summed E-state index contributed by atoms with van der Waals surface area (Å²) in [5.74, 6) is 0. The lowest BCUT2D eigenvalue weighted by molar-refractivity contribution is 0.180. The molecule has 3 rings (SSSR count). The van der Waals surface area contributed by atoms with Crippen LogP contribution in [0.25, 0.3) is 10.9 Å². The number of aromatic nitrogens is 1. The highest BCUT2D eigenvalue weighted by Gasteiger charge is 2.12. The van der Waals surface area contributed by atoms with E-state index < -0.39 is 6.10 Å². The normalized spacial score (nSPS) is 12.5. The van der Waals surface area contributed by atoms with Crippen LogP contribution >= 0.6 is 0 Å². The molecule has 0 aliphatic carbocycles. The zero-order valence-electron chi connectivity index (χ0n) is 11.5. The molecule has 0 aliphatic heterocycles. The fourth-order valence-corrected chi connectivity index (χ4v) is 2.45. The molecule has 0 fully saturated rings. The number of fused-ring (bicyclic) bond motifs is 1. The molecular weight excluding hydrogens is 246 g/mol. The van der Waals surface area contributed by atoms with E-state index in [1.54, 1.807) is 6.20 Å². The summed E-state index contributed by atoms with van der Waals surface area (Å²) >= 11 is 0. The predicted molar refractivity (Wildman–Crippen MR) is 81.6 cm³/mol. The highest BCUT2D eigenvalue weighted by atomic mass is 16.3. The Labute approximate surface area is 118 Å². The van der Waals surface area contributed by atoms with Gasteiger partial charge >= 0.3 is 0 Å². The lowest BCUT2D eigenvalue weighted by Gasteiger charge is -2.13. The number of rotatable bonds is 3. The third-order valence-corrected chi connectivity index (χ3v) is 3.57. The van der Waals surface area contributed by atoms with E-state index in [9.17, 15) is 5.11 Å². The molecule has 1 N–H and O–H groups in total. The number of pyridine rings is 1. The first kappa shape index (κ1) is 12.8. The highest BCUT2D eigenvalue weighted by molar-refractivity contribution is 5.81. The van der Waals surface area contributed by atoms with E-state index in [0.29, 0.717) is 6.42 Å². The zero-order chi connectivity index (χ0) is 13.9. The maximum atomic E-state index is 10.5. The number of aliphatic hydroxyl groups is 1. The molecule has 0 amide bonds. The van der Waals surface area contributed by atoms with Gasteiger partial charge in [-0.05, 0) is 18.6 Å². The zero-order valence-corrected chi connectivity index (χ0v) is 11.5. The SMILES string of the molecule is Cc1ccc(CC(O)c2cccc3cccnc23)cc1. The van der Waals surface area contributed by atoms with Gasteiger partial charge in [0.1, 0.15) is 0 Å². The van der Waals surface area contributed by atoms with Crippen molar-refractivity contribution in [2.45, 2.75) is 19.4 Å². The van der Waals surface area contributed by atoms with E-state index in [4.69, 9.17) is 0 Å². The van der Waals surface area contributed by atoms with Crippen LogP contribution in [0, 0.1) is 6.92 Å². The van der Waals surface area contributed by atoms with Gasteiger partial charge in [-0.15, -0.1) is 0 Å². The van der Waals surface area contributed by atoms with Gasteiger partial charge in [0.25, 0.3) is 0 Å². The van der Waals surface area contributed by atoms with Gasteiger partial charge < -0.3 is 5.11 Å². The summed E-state index contributed by atoms with van der Waals surface area (Å²) in [7, 11) is 0. The molecule has 1 atom stereocenters. The van der Waals surface area contributed by atoms with Crippen molar-refractivity contribution >= 4 is 10.9 Å². The Kier molecular flexibility index (Phi) is 3.48. The number of benzene rings is 2. The van der Waals surface area contributed by atoms with Crippen molar-refractivity contribution in [1.29, 1.82) is 0 Å². The number of hydrogen-bond acceptors (Lipinski definition) is 2. The van der Waals surface area contributed by atoms with Crippen LogP contribution in [0.3, 0.4) is 0 Å². The van der Waals surface area contributed by atoms with E-state index in [1.165, 1.54) is 5.56 Å². The molecule has 100 valence electrons. The minimum Gasteiger partial charge on any atom is -0.388 e. The topological polar surface area (TPSA) is 33.1 Å². The number of aryl methyl sites for hydroxylation is 1. The molecule has 0 spiro atoms. The minimum atomic E-state index is -0.531. The minimum absolute atomic E-state index is 0.531. The monoisotopic (exact) mass is 263 g/mol. The third kappa shape index (κ3) is 2.56. The molecule has 1 aromatic heterocycles. The molecule has 0 saturated heterocycles. The number of hydrogen-bond donors (Lipinski definition) is 1. The molecule has 20 heavy (non-hydrogen) atoms. The Hall–Kier alpha value is -2.19. The van der Waals surface area contributed by atoms with Crippen molar-refractivity contribution in [3.05, 3.63) is 77.5 Å². The maximum Gasteiger partial charge on any atom is 0.0851 e. The molecule has 0 aliphatic rings. The average molecular weight is 263 g/mol. The van der Waals surface area contributed by atoms with E-state index in [2.05, 4.69) is 36.2 Å². The van der Waals surface area contributed by atoms with Crippen LogP contribution in [-0.4, -0.2) is 10.1 Å². The Morgan fingerprint density at radius 1 is 1.00 bits per heavy atom. The van der Waals surface area contributed by atoms with Gasteiger partial charge in [0.2, 0.25) is 0 Å². The molecule has 1 unspecified atom stereocenters. The summed E-state index contributed by atoms with van der Waals surface area (Å²) in [4.78, 5) is 4.40. The van der Waals surface area contributed by atoms with Crippen LogP contribution in [0.4, 0.5) is 0 Å². The standard InChI is InChI=1S/C18H17NO/c1-13-7-9-14(10-8-13)12-17(20)16-6-2-4-15-5-3-11-19-18(15)16/h2-11,17,20H,12H2,1H3. The Bertz CT molecular complexity index is 714. The van der Waals surface area contributed by atoms with Crippen molar-refractivity contribution in [2.24, 2.45) is 0 Å². The lowest BCUT2D eigenvalue weighted by Crippen LogP contribution is -2.03. The van der Waals surface area contributed by atoms with Crippen molar-refractivity contribution < 1.29 is 5.11 Å². The maximum absolute atomic E-state index is 10.5. The van der Waals surface area contributed by atoms with Gasteiger partial charge in [-0.2, -0.15) is 0 Å². The van der Waals surface area contributed by atoms with Gasteiger partial charge in [-0.1, -0.05) is 54.1 Å². The second kappa shape index (κ2) is 5.43. The number of para-hydroxylation sites is 1. The van der Waals surface area contributed by atoms with Gasteiger partial charge in [-0.25, -0.2) is 0 Å². The Morgan fingerprint density at radius 2 is 1.75 bits per heavy atom. The van der Waals surface area contributed by atoms with E-state index in [1.807, 2.05) is 30.3 Å². The van der Waals surface area contributed by atoms with Crippen LogP contribution in [-0.2, 0) is 6.42 Å². The first-order valence-corrected chi connectivity index (χ1v) is 6.81. The quantitative estimate of drug-likeness (QED) is 0.779. The predicted octanol–water partition coefficient (Wildman–Crippen LogP) is 3.82. The smallest absolute Gasteiger partial charge is 0.0851 e. The molecule has 2 heteroatoms. The fraction of sp³-hybridized carbons (Fsp3) is 0.167. The number of aliphatic hydroxyl groups excluding tert-OH is 1. The molecule has 0 saturated carbocycles. The fourth-order valence-electron chi connectivity index (χ4n) is 2.45. The molecule has 3 aromatic rings. The lowest BCUT2D eigenvalue weighted by atomic mass is 9.98. The molecule has 1 heterocycles. The first-order valence-electron chi connectivity index (χ1n) is 6.81. The summed E-state index contributed by atoms with van der Waals surface area (Å²) in [6.45, 7) is 2.06. The van der Waals surface area contributed by atoms with Crippen molar-refractivity contribution in [2.75, 3.05) is 0 Å². The molecule has 2 aromatic carbocycles. The summed E-state index contributed by atoms with van der Waals surface area (Å²) in [6.07, 6.45) is 1.84. The van der Waals surface area contributed by atoms with Crippen molar-refractivity contribution in [1.82, 2.24) is 4.98 Å². The summed E-state index contributed by atoms with van der Waals surface area (Å²) in [5, 5.41) is 11.6. The largest absolute Gasteiger partial charge is 0.388 e. The molecule has 2 nitrogen and oxygen atoms in total. The number of nitrogens with zero attached hydrogens (tertiary/aromatic N) is 1.